The van der Waals surface area contributed by atoms with Gasteiger partial charge in [-0.1, -0.05) is 42.5 Å². The van der Waals surface area contributed by atoms with Gasteiger partial charge in [-0.25, -0.2) is 13.4 Å². The fraction of sp³-hybridized carbons (Fsp3) is 0.385. The molecular weight excluding hydrogens is 450 g/mol. The minimum Gasteiger partial charge on any atom is -0.440 e. The Balaban J connectivity index is 1.13. The number of piperidine rings is 2. The number of sulfonamides is 1. The topological polar surface area (TPSA) is 83.7 Å². The van der Waals surface area contributed by atoms with Gasteiger partial charge in [-0.3, -0.25) is 4.79 Å². The molecule has 178 valence electrons. The average Bonchev–Trinajstić information content (AvgIpc) is 3.32. The predicted octanol–water partition coefficient (Wildman–Crippen LogP) is 4.25. The van der Waals surface area contributed by atoms with E-state index in [-0.39, 0.29) is 17.7 Å². The van der Waals surface area contributed by atoms with Crippen LogP contribution in [0, 0.1) is 5.92 Å². The molecule has 0 unspecified atom stereocenters. The summed E-state index contributed by atoms with van der Waals surface area (Å²) < 4.78 is 32.8. The first-order chi connectivity index (χ1) is 16.5. The number of benzene rings is 2. The normalized spacial score (nSPS) is 19.2. The van der Waals surface area contributed by atoms with Gasteiger partial charge < -0.3 is 9.32 Å². The third-order valence-electron chi connectivity index (χ3n) is 6.86. The van der Waals surface area contributed by atoms with Gasteiger partial charge in [0.2, 0.25) is 15.9 Å². The van der Waals surface area contributed by atoms with Crippen molar-refractivity contribution in [2.75, 3.05) is 26.2 Å². The van der Waals surface area contributed by atoms with Gasteiger partial charge in [-0.2, -0.15) is 4.31 Å². The molecule has 0 saturated carbocycles. The maximum atomic E-state index is 13.1. The highest BCUT2D eigenvalue weighted by Crippen LogP contribution is 2.31. The van der Waals surface area contributed by atoms with Crippen LogP contribution >= 0.6 is 0 Å². The molecule has 0 spiro atoms. The van der Waals surface area contributed by atoms with Crippen LogP contribution in [0.15, 0.2) is 64.4 Å². The molecule has 2 aliphatic heterocycles. The van der Waals surface area contributed by atoms with Crippen LogP contribution < -0.4 is 0 Å². The molecule has 2 saturated heterocycles. The quantitative estimate of drug-likeness (QED) is 0.546. The fourth-order valence-corrected chi connectivity index (χ4v) is 6.06. The maximum absolute atomic E-state index is 13.1. The highest BCUT2D eigenvalue weighted by molar-refractivity contribution is 7.92. The van der Waals surface area contributed by atoms with E-state index >= 15 is 0 Å². The minimum atomic E-state index is -3.49. The number of amides is 1. The lowest BCUT2D eigenvalue weighted by atomic mass is 9.92. The Bertz CT molecular complexity index is 1240. The zero-order valence-electron chi connectivity index (χ0n) is 19.0. The monoisotopic (exact) mass is 479 g/mol. The maximum Gasteiger partial charge on any atom is 0.236 e. The lowest BCUT2D eigenvalue weighted by molar-refractivity contribution is -0.137. The Hall–Kier alpha value is -2.97. The molecule has 5 rings (SSSR count). The van der Waals surface area contributed by atoms with Gasteiger partial charge in [0.05, 0.1) is 0 Å². The minimum absolute atomic E-state index is 0.120. The molecule has 3 aromatic rings. The van der Waals surface area contributed by atoms with Crippen LogP contribution in [0.1, 0.15) is 43.1 Å². The molecule has 0 radical (unpaired) electrons. The number of nitrogens with zero attached hydrogens (tertiary/aromatic N) is 3. The summed E-state index contributed by atoms with van der Waals surface area (Å²) in [6, 6.07) is 17.1. The Morgan fingerprint density at radius 2 is 1.59 bits per heavy atom. The third-order valence-corrected chi connectivity index (χ3v) is 8.43. The summed E-state index contributed by atoms with van der Waals surface area (Å²) in [6.07, 6.45) is 4.39. The molecule has 2 fully saturated rings. The van der Waals surface area contributed by atoms with Gasteiger partial charge in [0.25, 0.3) is 0 Å². The standard InChI is InChI=1S/C26H29N3O4S/c30-26(28-15-10-21(11-16-28)25-27-23-8-4-5-9-24(23)33-25)22-12-17-29(18-13-22)34(31,32)19-14-20-6-2-1-3-7-20/h1-9,14,19,21-22H,10-13,15-18H2. The first-order valence-corrected chi connectivity index (χ1v) is 13.4. The smallest absolute Gasteiger partial charge is 0.236 e. The number of fused-ring (bicyclic) bond motifs is 1. The Kier molecular flexibility index (Phi) is 6.52. The number of aromatic nitrogens is 1. The molecule has 7 nitrogen and oxygen atoms in total. The van der Waals surface area contributed by atoms with Crippen molar-refractivity contribution in [3.63, 3.8) is 0 Å². The van der Waals surface area contributed by atoms with E-state index in [4.69, 9.17) is 4.42 Å². The summed E-state index contributed by atoms with van der Waals surface area (Å²) in [6.45, 7) is 2.11. The largest absolute Gasteiger partial charge is 0.440 e. The zero-order chi connectivity index (χ0) is 23.5. The van der Waals surface area contributed by atoms with Crippen molar-refractivity contribution in [1.29, 1.82) is 0 Å². The number of carbonyl (C=O) groups is 1. The van der Waals surface area contributed by atoms with E-state index < -0.39 is 10.0 Å². The predicted molar refractivity (Wildman–Crippen MR) is 131 cm³/mol. The lowest BCUT2D eigenvalue weighted by Crippen LogP contribution is -2.46. The van der Waals surface area contributed by atoms with Crippen molar-refractivity contribution in [2.45, 2.75) is 31.6 Å². The Morgan fingerprint density at radius 3 is 2.29 bits per heavy atom. The Morgan fingerprint density at radius 1 is 0.912 bits per heavy atom. The number of rotatable bonds is 5. The van der Waals surface area contributed by atoms with Crippen LogP contribution in [0.5, 0.6) is 0 Å². The number of hydrogen-bond acceptors (Lipinski definition) is 5. The molecule has 0 aliphatic carbocycles. The molecule has 1 amide bonds. The molecule has 0 atom stereocenters. The van der Waals surface area contributed by atoms with E-state index in [1.165, 1.54) is 9.71 Å². The van der Waals surface area contributed by atoms with Crippen LogP contribution in [-0.2, 0) is 14.8 Å². The summed E-state index contributed by atoms with van der Waals surface area (Å²) in [5, 5.41) is 1.27. The summed E-state index contributed by atoms with van der Waals surface area (Å²) in [4.78, 5) is 19.7. The van der Waals surface area contributed by atoms with Crippen LogP contribution in [0.3, 0.4) is 0 Å². The third kappa shape index (κ3) is 4.93. The first-order valence-electron chi connectivity index (χ1n) is 11.9. The van der Waals surface area contributed by atoms with Gasteiger partial charge in [-0.15, -0.1) is 0 Å². The second-order valence-electron chi connectivity index (χ2n) is 9.05. The molecule has 2 aliphatic rings. The van der Waals surface area contributed by atoms with Crippen LogP contribution in [0.2, 0.25) is 0 Å². The van der Waals surface area contributed by atoms with Gasteiger partial charge in [0.15, 0.2) is 11.5 Å². The average molecular weight is 480 g/mol. The number of likely N-dealkylation sites (tertiary alicyclic amines) is 1. The highest BCUT2D eigenvalue weighted by Gasteiger charge is 2.34. The van der Waals surface area contributed by atoms with E-state index in [2.05, 4.69) is 4.98 Å². The van der Waals surface area contributed by atoms with Gasteiger partial charge in [0.1, 0.15) is 5.52 Å². The summed E-state index contributed by atoms with van der Waals surface area (Å²) in [5.74, 6) is 1.01. The van der Waals surface area contributed by atoms with E-state index in [9.17, 15) is 13.2 Å². The van der Waals surface area contributed by atoms with Crippen molar-refractivity contribution in [3.05, 3.63) is 71.5 Å². The SMILES string of the molecule is O=C(C1CCN(S(=O)(=O)C=Cc2ccccc2)CC1)N1CCC(c2nc3ccccc3o2)CC1. The fourth-order valence-electron chi connectivity index (χ4n) is 4.84. The molecular formula is C26H29N3O4S. The first kappa shape index (κ1) is 22.8. The number of oxazole rings is 1. The van der Waals surface area contributed by atoms with Crippen molar-refractivity contribution in [3.8, 4) is 0 Å². The van der Waals surface area contributed by atoms with Crippen LogP contribution in [0.25, 0.3) is 17.2 Å². The molecule has 1 aromatic heterocycles. The van der Waals surface area contributed by atoms with Gasteiger partial charge >= 0.3 is 0 Å². The highest BCUT2D eigenvalue weighted by atomic mass is 32.2. The summed E-state index contributed by atoms with van der Waals surface area (Å²) in [5.41, 5.74) is 2.52. The summed E-state index contributed by atoms with van der Waals surface area (Å²) >= 11 is 0. The van der Waals surface area contributed by atoms with Crippen molar-refractivity contribution in [2.24, 2.45) is 5.92 Å². The van der Waals surface area contributed by atoms with Gasteiger partial charge in [-0.05, 0) is 49.5 Å². The number of para-hydroxylation sites is 2. The second-order valence-corrected chi connectivity index (χ2v) is 10.9. The van der Waals surface area contributed by atoms with Crippen LogP contribution in [-0.4, -0.2) is 54.7 Å². The summed E-state index contributed by atoms with van der Waals surface area (Å²) in [7, 11) is -3.49. The van der Waals surface area contributed by atoms with E-state index in [1.54, 1.807) is 6.08 Å². The van der Waals surface area contributed by atoms with E-state index in [0.29, 0.717) is 39.0 Å². The number of hydrogen-bond donors (Lipinski definition) is 0. The molecule has 0 N–H and O–H groups in total. The second kappa shape index (κ2) is 9.72. The molecule has 8 heteroatoms. The zero-order valence-corrected chi connectivity index (χ0v) is 19.9. The lowest BCUT2D eigenvalue weighted by Gasteiger charge is -2.36. The van der Waals surface area contributed by atoms with Crippen molar-refractivity contribution in [1.82, 2.24) is 14.2 Å². The van der Waals surface area contributed by atoms with E-state index in [0.717, 1.165) is 35.4 Å². The van der Waals surface area contributed by atoms with Crippen LogP contribution in [0.4, 0.5) is 0 Å². The number of carbonyl (C=O) groups excluding carboxylic acids is 1. The van der Waals surface area contributed by atoms with Gasteiger partial charge in [0, 0.05) is 43.4 Å². The molecule has 0 bridgehead atoms. The Labute approximate surface area is 200 Å². The van der Waals surface area contributed by atoms with Crippen molar-refractivity contribution < 1.29 is 17.6 Å². The van der Waals surface area contributed by atoms with Crippen molar-refractivity contribution >= 4 is 33.1 Å². The molecule has 2 aromatic carbocycles. The molecule has 34 heavy (non-hydrogen) atoms. The van der Waals surface area contributed by atoms with E-state index in [1.807, 2.05) is 59.5 Å². The molecule has 3 heterocycles.